The number of aromatic nitrogens is 2. The zero-order chi connectivity index (χ0) is 32.7. The topological polar surface area (TPSA) is 114 Å². The lowest BCUT2D eigenvalue weighted by molar-refractivity contribution is 0.0588. The predicted octanol–water partition coefficient (Wildman–Crippen LogP) is 8.35. The highest BCUT2D eigenvalue weighted by molar-refractivity contribution is 7.98. The lowest BCUT2D eigenvalue weighted by atomic mass is 9.84. The number of thioether (sulfide) groups is 1. The van der Waals surface area contributed by atoms with E-state index in [1.807, 2.05) is 57.2 Å². The Balaban J connectivity index is 1.56. The van der Waals surface area contributed by atoms with Crippen molar-refractivity contribution in [1.82, 2.24) is 9.55 Å². The molecule has 0 saturated carbocycles. The number of pyridine rings is 1. The molecule has 2 aromatic carbocycles. The first-order chi connectivity index (χ1) is 21.1. The number of rotatable bonds is 6. The molecule has 45 heavy (non-hydrogen) atoms. The number of hydrogen-bond acceptors (Lipinski definition) is 6. The minimum absolute atomic E-state index is 0.305. The van der Waals surface area contributed by atoms with E-state index in [9.17, 15) is 19.5 Å². The fraction of sp³-hybridized carbons (Fsp3) is 0.314. The monoisotopic (exact) mass is 626 g/mol. The molecule has 234 valence electrons. The number of hydrogen-bond donors (Lipinski definition) is 2. The Morgan fingerprint density at radius 1 is 1.07 bits per heavy atom. The Morgan fingerprint density at radius 3 is 2.51 bits per heavy atom. The number of carbonyl (C=O) groups excluding carboxylic acids is 2. The van der Waals surface area contributed by atoms with Gasteiger partial charge in [-0.15, -0.1) is 11.8 Å². The Morgan fingerprint density at radius 2 is 1.82 bits per heavy atom. The van der Waals surface area contributed by atoms with E-state index in [1.54, 1.807) is 52.2 Å². The first-order valence-electron chi connectivity index (χ1n) is 14.7. The fourth-order valence-electron chi connectivity index (χ4n) is 5.31. The Hall–Kier alpha value is -4.57. The van der Waals surface area contributed by atoms with Gasteiger partial charge in [0.2, 0.25) is 0 Å². The highest BCUT2D eigenvalue weighted by Crippen LogP contribution is 2.41. The minimum Gasteiger partial charge on any atom is -0.464 e. The van der Waals surface area contributed by atoms with Crippen LogP contribution >= 0.6 is 11.8 Å². The molecule has 0 atom stereocenters. The molecule has 0 bridgehead atoms. The lowest BCUT2D eigenvalue weighted by Gasteiger charge is -2.24. The van der Waals surface area contributed by atoms with Gasteiger partial charge in [0.1, 0.15) is 11.4 Å². The number of carbonyl (C=O) groups is 3. The number of ether oxygens (including phenoxy) is 1. The van der Waals surface area contributed by atoms with Gasteiger partial charge in [0.25, 0.3) is 5.91 Å². The minimum atomic E-state index is -1.18. The normalized spacial score (nSPS) is 12.7. The third kappa shape index (κ3) is 6.76. The largest absolute Gasteiger partial charge is 0.464 e. The van der Waals surface area contributed by atoms with Crippen LogP contribution in [0, 0.1) is 0 Å². The van der Waals surface area contributed by atoms with E-state index in [0.717, 1.165) is 23.1 Å². The standard InChI is InChI=1S/C35H38N4O5S/c1-34(2,3)25-12-9-13-26-28(25)29(30(40)37-24-15-14-22-10-8-11-23(22)19-24)31(39(26)32(41)42)45-20-21-16-17-36-27(18-21)38(7)33(43)44-35(4,5)6/h8-9,11-19H,10,20H2,1-7H3,(H,37,40)(H,41,42). The van der Waals surface area contributed by atoms with Gasteiger partial charge >= 0.3 is 12.2 Å². The second-order valence-corrected chi connectivity index (χ2v) is 14.0. The summed E-state index contributed by atoms with van der Waals surface area (Å²) in [7, 11) is 1.58. The van der Waals surface area contributed by atoms with Crippen LogP contribution in [0.25, 0.3) is 17.0 Å². The zero-order valence-electron chi connectivity index (χ0n) is 26.6. The molecular formula is C35H38N4O5S. The van der Waals surface area contributed by atoms with Crippen molar-refractivity contribution in [3.63, 3.8) is 0 Å². The zero-order valence-corrected chi connectivity index (χ0v) is 27.4. The molecule has 1 aliphatic carbocycles. The number of allylic oxidation sites excluding steroid dienone is 1. The smallest absolute Gasteiger partial charge is 0.416 e. The third-order valence-electron chi connectivity index (χ3n) is 7.41. The second kappa shape index (κ2) is 12.1. The number of anilines is 2. The summed E-state index contributed by atoms with van der Waals surface area (Å²) in [6.45, 7) is 11.5. The molecule has 2 N–H and O–H groups in total. The molecule has 0 saturated heterocycles. The van der Waals surface area contributed by atoms with Crippen LogP contribution in [0.15, 0.2) is 65.8 Å². The van der Waals surface area contributed by atoms with Crippen LogP contribution in [0.2, 0.25) is 0 Å². The van der Waals surface area contributed by atoms with Crippen LogP contribution in [0.4, 0.5) is 21.1 Å². The van der Waals surface area contributed by atoms with Crippen LogP contribution in [0.1, 0.15) is 74.2 Å². The highest BCUT2D eigenvalue weighted by atomic mass is 32.2. The van der Waals surface area contributed by atoms with Crippen LogP contribution in [0.5, 0.6) is 0 Å². The molecular weight excluding hydrogens is 588 g/mol. The summed E-state index contributed by atoms with van der Waals surface area (Å²) >= 11 is 1.25. The summed E-state index contributed by atoms with van der Waals surface area (Å²) in [4.78, 5) is 45.3. The van der Waals surface area contributed by atoms with Gasteiger partial charge in [0, 0.05) is 30.1 Å². The average molecular weight is 627 g/mol. The molecule has 0 unspecified atom stereocenters. The first kappa shape index (κ1) is 31.8. The molecule has 0 spiro atoms. The maximum atomic E-state index is 14.2. The molecule has 10 heteroatoms. The summed E-state index contributed by atoms with van der Waals surface area (Å²) in [5.41, 5.74) is 4.25. The predicted molar refractivity (Wildman–Crippen MR) is 180 cm³/mol. The SMILES string of the molecule is CN(C(=O)OC(C)(C)C)c1cc(CSc2c(C(=O)Nc3ccc4c(c3)C=CC4)c3c(C(C)(C)C)cccc3n2C(=O)O)ccn1. The van der Waals surface area contributed by atoms with Gasteiger partial charge in [0.15, 0.2) is 0 Å². The van der Waals surface area contributed by atoms with Crippen LogP contribution < -0.4 is 10.2 Å². The number of fused-ring (bicyclic) bond motifs is 2. The van der Waals surface area contributed by atoms with E-state index in [2.05, 4.69) is 16.4 Å². The maximum Gasteiger partial charge on any atom is 0.416 e. The summed E-state index contributed by atoms with van der Waals surface area (Å²) in [5.74, 6) is 0.316. The number of carboxylic acid groups (broad SMARTS) is 1. The maximum absolute atomic E-state index is 14.2. The average Bonchev–Trinajstić information content (AvgIpc) is 3.56. The van der Waals surface area contributed by atoms with E-state index >= 15 is 0 Å². The van der Waals surface area contributed by atoms with Gasteiger partial charge in [-0.1, -0.05) is 51.1 Å². The van der Waals surface area contributed by atoms with Gasteiger partial charge in [-0.05, 0) is 85.2 Å². The van der Waals surface area contributed by atoms with Crippen LogP contribution in [-0.2, 0) is 22.3 Å². The summed E-state index contributed by atoms with van der Waals surface area (Å²) in [6, 6.07) is 14.9. The van der Waals surface area contributed by atoms with Gasteiger partial charge < -0.3 is 15.2 Å². The summed E-state index contributed by atoms with van der Waals surface area (Å²) < 4.78 is 6.68. The van der Waals surface area contributed by atoms with Crippen molar-refractivity contribution in [2.24, 2.45) is 0 Å². The Labute approximate surface area is 267 Å². The number of benzene rings is 2. The van der Waals surface area contributed by atoms with E-state index in [1.165, 1.54) is 26.8 Å². The van der Waals surface area contributed by atoms with Crippen molar-refractivity contribution in [2.45, 2.75) is 69.8 Å². The van der Waals surface area contributed by atoms with Crippen LogP contribution in [-0.4, -0.2) is 45.4 Å². The number of nitrogens with one attached hydrogen (secondary N) is 1. The molecule has 0 aliphatic heterocycles. The molecule has 4 aromatic rings. The third-order valence-corrected chi connectivity index (χ3v) is 8.55. The van der Waals surface area contributed by atoms with Crippen molar-refractivity contribution in [1.29, 1.82) is 0 Å². The van der Waals surface area contributed by atoms with Crippen molar-refractivity contribution in [2.75, 3.05) is 17.3 Å². The molecule has 0 radical (unpaired) electrons. The second-order valence-electron chi connectivity index (χ2n) is 13.1. The summed E-state index contributed by atoms with van der Waals surface area (Å²) in [6.07, 6.45) is 4.83. The molecule has 2 amide bonds. The summed E-state index contributed by atoms with van der Waals surface area (Å²) in [5, 5.41) is 14.4. The van der Waals surface area contributed by atoms with Crippen molar-refractivity contribution >= 4 is 58.3 Å². The quantitative estimate of drug-likeness (QED) is 0.207. The van der Waals surface area contributed by atoms with Crippen molar-refractivity contribution in [3.05, 3.63) is 88.6 Å². The van der Waals surface area contributed by atoms with Crippen molar-refractivity contribution in [3.8, 4) is 0 Å². The van der Waals surface area contributed by atoms with Gasteiger partial charge in [-0.25, -0.2) is 19.1 Å². The van der Waals surface area contributed by atoms with E-state index < -0.39 is 17.8 Å². The number of amides is 2. The van der Waals surface area contributed by atoms with Crippen LogP contribution in [0.3, 0.4) is 0 Å². The van der Waals surface area contributed by atoms with Crippen molar-refractivity contribution < 1.29 is 24.2 Å². The van der Waals surface area contributed by atoms with Gasteiger partial charge in [-0.2, -0.15) is 0 Å². The molecule has 5 rings (SSSR count). The van der Waals surface area contributed by atoms with Gasteiger partial charge in [-0.3, -0.25) is 9.69 Å². The molecule has 2 heterocycles. The number of nitrogens with zero attached hydrogens (tertiary/aromatic N) is 3. The fourth-order valence-corrected chi connectivity index (χ4v) is 6.44. The highest BCUT2D eigenvalue weighted by Gasteiger charge is 2.31. The van der Waals surface area contributed by atoms with E-state index in [4.69, 9.17) is 4.74 Å². The van der Waals surface area contributed by atoms with Gasteiger partial charge in [0.05, 0.1) is 16.1 Å². The molecule has 2 aromatic heterocycles. The first-order valence-corrected chi connectivity index (χ1v) is 15.7. The molecule has 9 nitrogen and oxygen atoms in total. The molecule has 1 aliphatic rings. The van der Waals surface area contributed by atoms with E-state index in [0.29, 0.717) is 38.8 Å². The molecule has 0 fully saturated rings. The Bertz CT molecular complexity index is 1850. The van der Waals surface area contributed by atoms with E-state index in [-0.39, 0.29) is 11.3 Å². The Kier molecular flexibility index (Phi) is 8.55. The lowest BCUT2D eigenvalue weighted by Crippen LogP contribution is -2.34.